The number of ether oxygens (including phenoxy) is 2. The zero-order valence-corrected chi connectivity index (χ0v) is 16.7. The van der Waals surface area contributed by atoms with Crippen LogP contribution < -0.4 is 20.1 Å². The highest BCUT2D eigenvalue weighted by Crippen LogP contribution is 2.33. The van der Waals surface area contributed by atoms with Crippen molar-refractivity contribution in [1.29, 1.82) is 0 Å². The highest BCUT2D eigenvalue weighted by atomic mass is 35.5. The van der Waals surface area contributed by atoms with Gasteiger partial charge in [0.2, 0.25) is 11.8 Å². The third-order valence-corrected chi connectivity index (χ3v) is 4.63. The van der Waals surface area contributed by atoms with Crippen molar-refractivity contribution in [3.63, 3.8) is 0 Å². The molecule has 144 valence electrons. The van der Waals surface area contributed by atoms with E-state index >= 15 is 0 Å². The van der Waals surface area contributed by atoms with E-state index in [4.69, 9.17) is 21.1 Å². The second kappa shape index (κ2) is 8.31. The maximum Gasteiger partial charge on any atom is 0.239 e. The summed E-state index contributed by atoms with van der Waals surface area (Å²) < 4.78 is 10.5. The number of aryl methyl sites for hydroxylation is 1. The van der Waals surface area contributed by atoms with Gasteiger partial charge in [0, 0.05) is 11.1 Å². The molecule has 0 aliphatic heterocycles. The summed E-state index contributed by atoms with van der Waals surface area (Å²) in [7, 11) is 2.99. The maximum atomic E-state index is 12.8. The normalized spacial score (nSPS) is 10.9. The van der Waals surface area contributed by atoms with Crippen LogP contribution in [0.3, 0.4) is 0 Å². The highest BCUT2D eigenvalue weighted by Gasteiger charge is 2.37. The summed E-state index contributed by atoms with van der Waals surface area (Å²) >= 11 is 6.09. The van der Waals surface area contributed by atoms with Crippen LogP contribution in [0.15, 0.2) is 36.4 Å². The SMILES string of the molecule is COc1ccccc1NC(=O)C(C)(C)C(=O)Nc1cc(C)c(Cl)cc1OC. The van der Waals surface area contributed by atoms with Gasteiger partial charge in [-0.2, -0.15) is 0 Å². The van der Waals surface area contributed by atoms with E-state index in [0.717, 1.165) is 5.56 Å². The minimum absolute atomic E-state index is 0.417. The number of hydrogen-bond acceptors (Lipinski definition) is 4. The molecule has 27 heavy (non-hydrogen) atoms. The molecule has 2 aromatic rings. The molecule has 2 amide bonds. The molecule has 0 aliphatic rings. The number of amides is 2. The van der Waals surface area contributed by atoms with Gasteiger partial charge >= 0.3 is 0 Å². The number of anilines is 2. The molecule has 0 atom stereocenters. The first kappa shape index (κ1) is 20.6. The van der Waals surface area contributed by atoms with Crippen molar-refractivity contribution >= 4 is 34.8 Å². The monoisotopic (exact) mass is 390 g/mol. The quantitative estimate of drug-likeness (QED) is 0.722. The van der Waals surface area contributed by atoms with Crippen LogP contribution in [0.25, 0.3) is 0 Å². The second-order valence-electron chi connectivity index (χ2n) is 6.54. The molecule has 0 spiro atoms. The first-order chi connectivity index (χ1) is 12.7. The molecule has 0 unspecified atom stereocenters. The van der Waals surface area contributed by atoms with E-state index in [2.05, 4.69) is 10.6 Å². The standard InChI is InChI=1S/C20H23ClN2O4/c1-12-10-15(17(27-5)11-13(12)21)23-19(25)20(2,3)18(24)22-14-8-6-7-9-16(14)26-4/h6-11H,1-5H3,(H,22,24)(H,23,25). The predicted octanol–water partition coefficient (Wildman–Crippen LogP) is 4.27. The van der Waals surface area contributed by atoms with Gasteiger partial charge in [-0.1, -0.05) is 23.7 Å². The number of carbonyl (C=O) groups excluding carboxylic acids is 2. The molecule has 0 aliphatic carbocycles. The van der Waals surface area contributed by atoms with Crippen LogP contribution in [0.2, 0.25) is 5.02 Å². The minimum atomic E-state index is -1.35. The lowest BCUT2D eigenvalue weighted by Crippen LogP contribution is -2.41. The van der Waals surface area contributed by atoms with Crippen molar-refractivity contribution in [2.75, 3.05) is 24.9 Å². The average molecular weight is 391 g/mol. The van der Waals surface area contributed by atoms with E-state index in [1.807, 2.05) is 6.92 Å². The lowest BCUT2D eigenvalue weighted by Gasteiger charge is -2.24. The van der Waals surface area contributed by atoms with Gasteiger partial charge in [-0.25, -0.2) is 0 Å². The smallest absolute Gasteiger partial charge is 0.239 e. The molecule has 0 saturated heterocycles. The molecule has 0 radical (unpaired) electrons. The van der Waals surface area contributed by atoms with Crippen LogP contribution in [-0.2, 0) is 9.59 Å². The third-order valence-electron chi connectivity index (χ3n) is 4.22. The van der Waals surface area contributed by atoms with Crippen LogP contribution in [0.5, 0.6) is 11.5 Å². The Morgan fingerprint density at radius 2 is 1.48 bits per heavy atom. The number of nitrogens with one attached hydrogen (secondary N) is 2. The molecular formula is C20H23ClN2O4. The predicted molar refractivity (Wildman–Crippen MR) is 107 cm³/mol. The van der Waals surface area contributed by atoms with Gasteiger partial charge in [-0.05, 0) is 44.5 Å². The molecule has 0 bridgehead atoms. The first-order valence-electron chi connectivity index (χ1n) is 8.30. The summed E-state index contributed by atoms with van der Waals surface area (Å²) in [4.78, 5) is 25.5. The molecule has 0 saturated carbocycles. The summed E-state index contributed by atoms with van der Waals surface area (Å²) in [5.74, 6) is -0.0130. The summed E-state index contributed by atoms with van der Waals surface area (Å²) in [6.45, 7) is 4.90. The fraction of sp³-hybridized carbons (Fsp3) is 0.300. The lowest BCUT2D eigenvalue weighted by atomic mass is 9.90. The fourth-order valence-electron chi connectivity index (χ4n) is 2.34. The third kappa shape index (κ3) is 4.52. The van der Waals surface area contributed by atoms with Crippen LogP contribution in [-0.4, -0.2) is 26.0 Å². The summed E-state index contributed by atoms with van der Waals surface area (Å²) in [6.07, 6.45) is 0. The van der Waals surface area contributed by atoms with Gasteiger partial charge in [0.25, 0.3) is 0 Å². The first-order valence-corrected chi connectivity index (χ1v) is 8.68. The Balaban J connectivity index is 2.22. The molecule has 6 nitrogen and oxygen atoms in total. The van der Waals surface area contributed by atoms with Crippen molar-refractivity contribution in [2.45, 2.75) is 20.8 Å². The van der Waals surface area contributed by atoms with Crippen molar-refractivity contribution in [2.24, 2.45) is 5.41 Å². The summed E-state index contributed by atoms with van der Waals surface area (Å²) in [5.41, 5.74) is 0.372. The molecule has 0 fully saturated rings. The number of carbonyl (C=O) groups is 2. The molecule has 0 heterocycles. The van der Waals surface area contributed by atoms with Gasteiger partial charge in [-0.3, -0.25) is 9.59 Å². The number of halogens is 1. The zero-order valence-electron chi connectivity index (χ0n) is 16.0. The molecule has 0 aromatic heterocycles. The Morgan fingerprint density at radius 3 is 2.07 bits per heavy atom. The van der Waals surface area contributed by atoms with Gasteiger partial charge in [0.05, 0.1) is 25.6 Å². The van der Waals surface area contributed by atoms with Crippen molar-refractivity contribution in [3.8, 4) is 11.5 Å². The molecular weight excluding hydrogens is 368 g/mol. The van der Waals surface area contributed by atoms with Crippen molar-refractivity contribution < 1.29 is 19.1 Å². The van der Waals surface area contributed by atoms with Gasteiger partial charge in [0.15, 0.2) is 0 Å². The molecule has 2 N–H and O–H groups in total. The number of para-hydroxylation sites is 2. The zero-order chi connectivity index (χ0) is 20.2. The van der Waals surface area contributed by atoms with E-state index in [9.17, 15) is 9.59 Å². The number of rotatable bonds is 6. The van der Waals surface area contributed by atoms with E-state index < -0.39 is 17.2 Å². The summed E-state index contributed by atoms with van der Waals surface area (Å²) in [5, 5.41) is 6.02. The minimum Gasteiger partial charge on any atom is -0.495 e. The van der Waals surface area contributed by atoms with Gasteiger partial charge in [0.1, 0.15) is 16.9 Å². The molecule has 2 aromatic carbocycles. The van der Waals surface area contributed by atoms with E-state index in [-0.39, 0.29) is 0 Å². The molecule has 2 rings (SSSR count). The molecule has 7 heteroatoms. The topological polar surface area (TPSA) is 76.7 Å². The number of benzene rings is 2. The van der Waals surface area contributed by atoms with Crippen molar-refractivity contribution in [1.82, 2.24) is 0 Å². The second-order valence-corrected chi connectivity index (χ2v) is 6.94. The Kier molecular flexibility index (Phi) is 6.33. The van der Waals surface area contributed by atoms with Gasteiger partial charge in [-0.15, -0.1) is 0 Å². The average Bonchev–Trinajstić information content (AvgIpc) is 2.64. The van der Waals surface area contributed by atoms with E-state index in [1.165, 1.54) is 14.2 Å². The Morgan fingerprint density at radius 1 is 0.926 bits per heavy atom. The van der Waals surface area contributed by atoms with E-state index in [0.29, 0.717) is 27.9 Å². The number of hydrogen-bond donors (Lipinski definition) is 2. The Hall–Kier alpha value is -2.73. The van der Waals surface area contributed by atoms with Crippen LogP contribution >= 0.6 is 11.6 Å². The van der Waals surface area contributed by atoms with Crippen LogP contribution in [0, 0.1) is 12.3 Å². The van der Waals surface area contributed by atoms with E-state index in [1.54, 1.807) is 50.2 Å². The van der Waals surface area contributed by atoms with Crippen molar-refractivity contribution in [3.05, 3.63) is 47.0 Å². The van der Waals surface area contributed by atoms with Gasteiger partial charge < -0.3 is 20.1 Å². The van der Waals surface area contributed by atoms with Crippen LogP contribution in [0.4, 0.5) is 11.4 Å². The summed E-state index contributed by atoms with van der Waals surface area (Å²) in [6, 6.07) is 10.3. The number of methoxy groups -OCH3 is 2. The Labute approximate surface area is 163 Å². The Bertz CT molecular complexity index is 865. The maximum absolute atomic E-state index is 12.8. The largest absolute Gasteiger partial charge is 0.495 e. The fourth-order valence-corrected chi connectivity index (χ4v) is 2.49. The van der Waals surface area contributed by atoms with Crippen LogP contribution in [0.1, 0.15) is 19.4 Å². The lowest BCUT2D eigenvalue weighted by molar-refractivity contribution is -0.135. The highest BCUT2D eigenvalue weighted by molar-refractivity contribution is 6.31.